The Balaban J connectivity index is 1.76. The first-order valence-corrected chi connectivity index (χ1v) is 11.8. The first-order chi connectivity index (χ1) is 16.1. The third-order valence-electron chi connectivity index (χ3n) is 7.37. The van der Waals surface area contributed by atoms with Gasteiger partial charge in [0.25, 0.3) is 0 Å². The summed E-state index contributed by atoms with van der Waals surface area (Å²) >= 11 is 0. The quantitative estimate of drug-likeness (QED) is 0.370. The van der Waals surface area contributed by atoms with Gasteiger partial charge in [0, 0.05) is 17.7 Å². The molecule has 1 saturated heterocycles. The molecule has 1 fully saturated rings. The Hall–Kier alpha value is -3.20. The van der Waals surface area contributed by atoms with Crippen LogP contribution in [-0.4, -0.2) is 18.1 Å². The minimum absolute atomic E-state index is 0.436. The second-order valence-corrected chi connectivity index (χ2v) is 9.51. The van der Waals surface area contributed by atoms with Crippen LogP contribution in [0.15, 0.2) is 97.1 Å². The van der Waals surface area contributed by atoms with Crippen LogP contribution in [0.4, 0.5) is 0 Å². The molecule has 0 aliphatic carbocycles. The normalized spacial score (nSPS) is 21.1. The standard InChI is InChI=1S/C31H29NO/c1-22-9-6-12-25(19-22)30(26-13-7-10-23(2)20-26)28-15-4-5-16-29(28)31(32(30)17-18-33-31)27-14-8-11-24(3)21-27/h4-16,19-21H,17-18H2,1-3H3. The molecule has 0 saturated carbocycles. The Labute approximate surface area is 196 Å². The van der Waals surface area contributed by atoms with Crippen LogP contribution in [-0.2, 0) is 16.0 Å². The summed E-state index contributed by atoms with van der Waals surface area (Å²) in [5.74, 6) is 0. The highest BCUT2D eigenvalue weighted by Crippen LogP contribution is 2.60. The lowest BCUT2D eigenvalue weighted by Gasteiger charge is -2.43. The first kappa shape index (κ1) is 20.4. The van der Waals surface area contributed by atoms with Gasteiger partial charge in [-0.15, -0.1) is 0 Å². The first-order valence-electron chi connectivity index (χ1n) is 11.8. The van der Waals surface area contributed by atoms with Crippen LogP contribution in [0.5, 0.6) is 0 Å². The number of hydrogen-bond acceptors (Lipinski definition) is 2. The van der Waals surface area contributed by atoms with E-state index in [9.17, 15) is 0 Å². The number of rotatable bonds is 3. The zero-order valence-electron chi connectivity index (χ0n) is 19.5. The van der Waals surface area contributed by atoms with Gasteiger partial charge in [-0.1, -0.05) is 114 Å². The number of ether oxygens (including phenoxy) is 1. The van der Waals surface area contributed by atoms with E-state index >= 15 is 0 Å². The molecule has 1 unspecified atom stereocenters. The van der Waals surface area contributed by atoms with Gasteiger partial charge in [-0.05, 0) is 37.5 Å². The molecule has 2 nitrogen and oxygen atoms in total. The molecule has 164 valence electrons. The lowest BCUT2D eigenvalue weighted by atomic mass is 9.76. The van der Waals surface area contributed by atoms with E-state index < -0.39 is 11.3 Å². The summed E-state index contributed by atoms with van der Waals surface area (Å²) in [4.78, 5) is 2.61. The summed E-state index contributed by atoms with van der Waals surface area (Å²) in [6.07, 6.45) is 0. The van der Waals surface area contributed by atoms with E-state index in [1.54, 1.807) is 0 Å². The molecule has 0 amide bonds. The molecule has 2 aliphatic rings. The van der Waals surface area contributed by atoms with Crippen molar-refractivity contribution in [3.05, 3.63) is 142 Å². The van der Waals surface area contributed by atoms with Crippen molar-refractivity contribution in [3.8, 4) is 0 Å². The van der Waals surface area contributed by atoms with Crippen LogP contribution in [0.1, 0.15) is 44.5 Å². The Kier molecular flexibility index (Phi) is 4.58. The molecule has 4 aromatic carbocycles. The predicted molar refractivity (Wildman–Crippen MR) is 133 cm³/mol. The molecule has 0 radical (unpaired) electrons. The SMILES string of the molecule is Cc1cccc(C23OCCN2C(c2cccc(C)c2)(c2cccc(C)c2)c2ccccc23)c1. The van der Waals surface area contributed by atoms with Crippen LogP contribution >= 0.6 is 0 Å². The van der Waals surface area contributed by atoms with Gasteiger partial charge in [0.05, 0.1) is 6.61 Å². The summed E-state index contributed by atoms with van der Waals surface area (Å²) in [6, 6.07) is 35.7. The average molecular weight is 432 g/mol. The highest BCUT2D eigenvalue weighted by atomic mass is 16.5. The van der Waals surface area contributed by atoms with E-state index in [1.165, 1.54) is 44.5 Å². The van der Waals surface area contributed by atoms with Crippen molar-refractivity contribution in [1.29, 1.82) is 0 Å². The second kappa shape index (κ2) is 7.41. The van der Waals surface area contributed by atoms with Gasteiger partial charge < -0.3 is 4.74 Å². The van der Waals surface area contributed by atoms with Gasteiger partial charge in [0.1, 0.15) is 5.54 Å². The van der Waals surface area contributed by atoms with E-state index in [0.29, 0.717) is 6.61 Å². The molecule has 33 heavy (non-hydrogen) atoms. The Morgan fingerprint density at radius 1 is 0.606 bits per heavy atom. The van der Waals surface area contributed by atoms with Crippen LogP contribution in [0.2, 0.25) is 0 Å². The summed E-state index contributed by atoms with van der Waals surface area (Å²) in [7, 11) is 0. The van der Waals surface area contributed by atoms with Gasteiger partial charge >= 0.3 is 0 Å². The predicted octanol–water partition coefficient (Wildman–Crippen LogP) is 6.45. The largest absolute Gasteiger partial charge is 0.350 e. The molecule has 4 aromatic rings. The number of fused-ring (bicyclic) bond motifs is 3. The highest BCUT2D eigenvalue weighted by molar-refractivity contribution is 5.61. The van der Waals surface area contributed by atoms with E-state index in [2.05, 4.69) is 123 Å². The molecular weight excluding hydrogens is 402 g/mol. The number of hydrogen-bond donors (Lipinski definition) is 0. The maximum absolute atomic E-state index is 6.82. The van der Waals surface area contributed by atoms with E-state index in [-0.39, 0.29) is 0 Å². The smallest absolute Gasteiger partial charge is 0.175 e. The van der Waals surface area contributed by atoms with Crippen molar-refractivity contribution in [1.82, 2.24) is 4.90 Å². The summed E-state index contributed by atoms with van der Waals surface area (Å²) in [5.41, 5.74) is 9.08. The van der Waals surface area contributed by atoms with Crippen LogP contribution in [0.3, 0.4) is 0 Å². The Morgan fingerprint density at radius 2 is 1.12 bits per heavy atom. The number of aryl methyl sites for hydroxylation is 3. The van der Waals surface area contributed by atoms with Crippen LogP contribution in [0, 0.1) is 20.8 Å². The highest BCUT2D eigenvalue weighted by Gasteiger charge is 2.63. The zero-order valence-corrected chi connectivity index (χ0v) is 19.5. The molecule has 1 atom stereocenters. The minimum atomic E-state index is -0.615. The fourth-order valence-electron chi connectivity index (χ4n) is 6.17. The van der Waals surface area contributed by atoms with Crippen molar-refractivity contribution in [2.45, 2.75) is 32.0 Å². The molecule has 2 heteroatoms. The molecule has 2 heterocycles. The average Bonchev–Trinajstić information content (AvgIpc) is 3.36. The summed E-state index contributed by atoms with van der Waals surface area (Å²) in [6.45, 7) is 8.08. The third-order valence-corrected chi connectivity index (χ3v) is 7.37. The fraction of sp³-hybridized carbons (Fsp3) is 0.226. The van der Waals surface area contributed by atoms with E-state index in [1.807, 2.05) is 0 Å². The number of benzene rings is 4. The van der Waals surface area contributed by atoms with Crippen LogP contribution in [0.25, 0.3) is 0 Å². The maximum Gasteiger partial charge on any atom is 0.175 e. The van der Waals surface area contributed by atoms with Crippen molar-refractivity contribution in [2.24, 2.45) is 0 Å². The minimum Gasteiger partial charge on any atom is -0.350 e. The monoisotopic (exact) mass is 431 g/mol. The molecule has 2 aliphatic heterocycles. The van der Waals surface area contributed by atoms with Gasteiger partial charge in [0.15, 0.2) is 5.72 Å². The lowest BCUT2D eigenvalue weighted by Crippen LogP contribution is -2.50. The molecule has 0 bridgehead atoms. The van der Waals surface area contributed by atoms with E-state index in [0.717, 1.165) is 6.54 Å². The maximum atomic E-state index is 6.82. The van der Waals surface area contributed by atoms with E-state index in [4.69, 9.17) is 4.74 Å². The van der Waals surface area contributed by atoms with Gasteiger partial charge in [-0.25, -0.2) is 4.90 Å². The summed E-state index contributed by atoms with van der Waals surface area (Å²) in [5, 5.41) is 0. The molecule has 0 N–H and O–H groups in total. The van der Waals surface area contributed by atoms with Gasteiger partial charge in [0.2, 0.25) is 0 Å². The van der Waals surface area contributed by atoms with Gasteiger partial charge in [-0.2, -0.15) is 0 Å². The van der Waals surface area contributed by atoms with Crippen molar-refractivity contribution in [3.63, 3.8) is 0 Å². The van der Waals surface area contributed by atoms with Gasteiger partial charge in [-0.3, -0.25) is 0 Å². The summed E-state index contributed by atoms with van der Waals surface area (Å²) < 4.78 is 6.82. The molecule has 0 spiro atoms. The molecular formula is C31H29NO. The lowest BCUT2D eigenvalue weighted by molar-refractivity contribution is -0.0633. The zero-order chi connectivity index (χ0) is 22.6. The van der Waals surface area contributed by atoms with Crippen molar-refractivity contribution < 1.29 is 4.74 Å². The topological polar surface area (TPSA) is 12.5 Å². The Bertz CT molecular complexity index is 1310. The molecule has 6 rings (SSSR count). The number of nitrogens with zero attached hydrogens (tertiary/aromatic N) is 1. The van der Waals surface area contributed by atoms with Crippen molar-refractivity contribution in [2.75, 3.05) is 13.2 Å². The fourth-order valence-corrected chi connectivity index (χ4v) is 6.17. The second-order valence-electron chi connectivity index (χ2n) is 9.51. The third kappa shape index (κ3) is 2.75. The molecule has 0 aromatic heterocycles. The Morgan fingerprint density at radius 3 is 1.70 bits per heavy atom. The van der Waals surface area contributed by atoms with Crippen LogP contribution < -0.4 is 0 Å². The van der Waals surface area contributed by atoms with Crippen molar-refractivity contribution >= 4 is 0 Å².